The van der Waals surface area contributed by atoms with Gasteiger partial charge in [0.15, 0.2) is 0 Å². The highest BCUT2D eigenvalue weighted by Crippen LogP contribution is 2.34. The van der Waals surface area contributed by atoms with Gasteiger partial charge < -0.3 is 4.57 Å². The Kier molecular flexibility index (Phi) is 4.20. The summed E-state index contributed by atoms with van der Waals surface area (Å²) in [6.45, 7) is 0. The zero-order chi connectivity index (χ0) is 16.4. The van der Waals surface area contributed by atoms with Crippen molar-refractivity contribution in [2.45, 2.75) is 6.04 Å². The van der Waals surface area contributed by atoms with Crippen LogP contribution < -0.4 is 0 Å². The molecule has 0 fully saturated rings. The number of benzene rings is 2. The first-order chi connectivity index (χ1) is 11.8. The maximum Gasteiger partial charge on any atom is 0.0954 e. The fourth-order valence-corrected chi connectivity index (χ4v) is 4.07. The highest BCUT2D eigenvalue weighted by atomic mass is 35.5. The maximum absolute atomic E-state index is 6.15. The van der Waals surface area contributed by atoms with Crippen molar-refractivity contribution in [2.75, 3.05) is 0 Å². The number of hydrogen-bond acceptors (Lipinski definition) is 2. The Bertz CT molecular complexity index is 912. The summed E-state index contributed by atoms with van der Waals surface area (Å²) in [6, 6.07) is 23.2. The van der Waals surface area contributed by atoms with Gasteiger partial charge in [-0.3, -0.25) is 0 Å². The first kappa shape index (κ1) is 15.2. The van der Waals surface area contributed by atoms with E-state index in [-0.39, 0.29) is 6.04 Å². The van der Waals surface area contributed by atoms with Crippen LogP contribution in [0.5, 0.6) is 0 Å². The zero-order valence-electron chi connectivity index (χ0n) is 12.8. The molecule has 0 aliphatic heterocycles. The number of thiophene rings is 1. The lowest BCUT2D eigenvalue weighted by Gasteiger charge is -2.18. The second-order valence-electron chi connectivity index (χ2n) is 5.54. The fraction of sp³-hybridized carbons (Fsp3) is 0.0500. The number of rotatable bonds is 4. The van der Waals surface area contributed by atoms with Crippen LogP contribution in [0.2, 0.25) is 4.34 Å². The Hall–Kier alpha value is -2.36. The summed E-state index contributed by atoms with van der Waals surface area (Å²) in [5.74, 6) is 0. The molecule has 0 N–H and O–H groups in total. The van der Waals surface area contributed by atoms with Gasteiger partial charge in [-0.2, -0.15) is 0 Å². The highest BCUT2D eigenvalue weighted by Gasteiger charge is 2.18. The van der Waals surface area contributed by atoms with Crippen LogP contribution in [0.3, 0.4) is 0 Å². The van der Waals surface area contributed by atoms with E-state index in [1.165, 1.54) is 21.6 Å². The molecule has 0 saturated heterocycles. The van der Waals surface area contributed by atoms with E-state index in [0.717, 1.165) is 4.34 Å². The van der Waals surface area contributed by atoms with Crippen LogP contribution in [0.1, 0.15) is 16.5 Å². The van der Waals surface area contributed by atoms with Crippen molar-refractivity contribution >= 4 is 22.9 Å². The van der Waals surface area contributed by atoms with Gasteiger partial charge in [0, 0.05) is 17.3 Å². The van der Waals surface area contributed by atoms with Gasteiger partial charge in [0.2, 0.25) is 0 Å². The molecule has 0 radical (unpaired) electrons. The highest BCUT2D eigenvalue weighted by molar-refractivity contribution is 7.16. The van der Waals surface area contributed by atoms with Gasteiger partial charge in [0.25, 0.3) is 0 Å². The summed E-state index contributed by atoms with van der Waals surface area (Å²) in [7, 11) is 0. The van der Waals surface area contributed by atoms with Gasteiger partial charge >= 0.3 is 0 Å². The standard InChI is InChI=1S/C20H15ClN2S/c21-19-11-10-18(24-19)20(23-13-12-22-14-23)17-8-6-16(7-9-17)15-4-2-1-3-5-15/h1-14,20H. The van der Waals surface area contributed by atoms with E-state index in [2.05, 4.69) is 64.1 Å². The van der Waals surface area contributed by atoms with Crippen molar-refractivity contribution in [3.05, 3.63) is 100 Å². The van der Waals surface area contributed by atoms with E-state index < -0.39 is 0 Å². The van der Waals surface area contributed by atoms with Gasteiger partial charge in [0.1, 0.15) is 0 Å². The van der Waals surface area contributed by atoms with Crippen molar-refractivity contribution in [1.29, 1.82) is 0 Å². The normalized spacial score (nSPS) is 12.2. The minimum absolute atomic E-state index is 0.0924. The predicted molar refractivity (Wildman–Crippen MR) is 101 cm³/mol. The smallest absolute Gasteiger partial charge is 0.0954 e. The molecule has 1 atom stereocenters. The third-order valence-corrected chi connectivity index (χ3v) is 5.30. The quantitative estimate of drug-likeness (QED) is 0.448. The average Bonchev–Trinajstić information content (AvgIpc) is 3.29. The lowest BCUT2D eigenvalue weighted by molar-refractivity contribution is 0.688. The first-order valence-corrected chi connectivity index (χ1v) is 8.89. The van der Waals surface area contributed by atoms with Crippen LogP contribution in [0.15, 0.2) is 85.5 Å². The Labute approximate surface area is 150 Å². The van der Waals surface area contributed by atoms with E-state index in [4.69, 9.17) is 11.6 Å². The molecule has 0 amide bonds. The van der Waals surface area contributed by atoms with Gasteiger partial charge in [0.05, 0.1) is 16.7 Å². The van der Waals surface area contributed by atoms with Crippen molar-refractivity contribution in [3.8, 4) is 11.1 Å². The molecule has 4 rings (SSSR count). The fourth-order valence-electron chi connectivity index (χ4n) is 2.87. The molecule has 1 unspecified atom stereocenters. The first-order valence-electron chi connectivity index (χ1n) is 7.69. The van der Waals surface area contributed by atoms with Crippen LogP contribution in [-0.2, 0) is 0 Å². The van der Waals surface area contributed by atoms with Gasteiger partial charge in [-0.1, -0.05) is 66.2 Å². The van der Waals surface area contributed by atoms with Crippen molar-refractivity contribution in [2.24, 2.45) is 0 Å². The lowest BCUT2D eigenvalue weighted by Crippen LogP contribution is -2.08. The lowest BCUT2D eigenvalue weighted by atomic mass is 10.00. The van der Waals surface area contributed by atoms with E-state index in [1.807, 2.05) is 24.7 Å². The van der Waals surface area contributed by atoms with Crippen molar-refractivity contribution < 1.29 is 0 Å². The summed E-state index contributed by atoms with van der Waals surface area (Å²) in [6.07, 6.45) is 5.65. The zero-order valence-corrected chi connectivity index (χ0v) is 14.4. The van der Waals surface area contributed by atoms with Crippen LogP contribution in [0.25, 0.3) is 11.1 Å². The molecule has 2 nitrogen and oxygen atoms in total. The Balaban J connectivity index is 1.74. The number of halogens is 1. The van der Waals surface area contributed by atoms with E-state index in [9.17, 15) is 0 Å². The van der Waals surface area contributed by atoms with Crippen LogP contribution in [0.4, 0.5) is 0 Å². The molecule has 2 heterocycles. The Morgan fingerprint density at radius 3 is 2.25 bits per heavy atom. The van der Waals surface area contributed by atoms with Gasteiger partial charge in [-0.25, -0.2) is 4.98 Å². The van der Waals surface area contributed by atoms with E-state index >= 15 is 0 Å². The Morgan fingerprint density at radius 1 is 0.875 bits per heavy atom. The molecule has 0 aliphatic carbocycles. The van der Waals surface area contributed by atoms with Crippen LogP contribution in [0, 0.1) is 0 Å². The molecule has 0 saturated carbocycles. The summed E-state index contributed by atoms with van der Waals surface area (Å²) < 4.78 is 2.91. The molecule has 118 valence electrons. The third kappa shape index (κ3) is 3.01. The van der Waals surface area contributed by atoms with Crippen LogP contribution in [-0.4, -0.2) is 9.55 Å². The van der Waals surface area contributed by atoms with Gasteiger partial charge in [-0.15, -0.1) is 11.3 Å². The maximum atomic E-state index is 6.15. The average molecular weight is 351 g/mol. The summed E-state index contributed by atoms with van der Waals surface area (Å²) in [5, 5.41) is 0. The Morgan fingerprint density at radius 2 is 1.62 bits per heavy atom. The molecule has 2 aromatic carbocycles. The third-order valence-electron chi connectivity index (χ3n) is 4.02. The molecule has 4 aromatic rings. The minimum Gasteiger partial charge on any atom is -0.325 e. The van der Waals surface area contributed by atoms with Crippen molar-refractivity contribution in [1.82, 2.24) is 9.55 Å². The number of hydrogen-bond donors (Lipinski definition) is 0. The second-order valence-corrected chi connectivity index (χ2v) is 7.29. The number of aromatic nitrogens is 2. The summed E-state index contributed by atoms with van der Waals surface area (Å²) in [4.78, 5) is 5.40. The molecule has 2 aromatic heterocycles. The molecule has 4 heteroatoms. The van der Waals surface area contributed by atoms with Gasteiger partial charge in [-0.05, 0) is 28.8 Å². The molecule has 0 spiro atoms. The molecule has 0 aliphatic rings. The SMILES string of the molecule is Clc1ccc(C(c2ccc(-c3ccccc3)cc2)n2ccnc2)s1. The monoisotopic (exact) mass is 350 g/mol. The number of imidazole rings is 1. The van der Waals surface area contributed by atoms with Crippen molar-refractivity contribution in [3.63, 3.8) is 0 Å². The van der Waals surface area contributed by atoms with Crippen LogP contribution >= 0.6 is 22.9 Å². The number of nitrogens with zero attached hydrogens (tertiary/aromatic N) is 2. The molecule has 24 heavy (non-hydrogen) atoms. The molecular weight excluding hydrogens is 336 g/mol. The predicted octanol–water partition coefficient (Wildman–Crippen LogP) is 5.90. The van der Waals surface area contributed by atoms with E-state index in [1.54, 1.807) is 17.5 Å². The second kappa shape index (κ2) is 6.63. The topological polar surface area (TPSA) is 17.8 Å². The summed E-state index contributed by atoms with van der Waals surface area (Å²) in [5.41, 5.74) is 3.65. The summed E-state index contributed by atoms with van der Waals surface area (Å²) >= 11 is 7.76. The largest absolute Gasteiger partial charge is 0.325 e. The minimum atomic E-state index is 0.0924. The van der Waals surface area contributed by atoms with E-state index in [0.29, 0.717) is 0 Å². The molecular formula is C20H15ClN2S. The molecule has 0 bridgehead atoms.